The smallest absolute Gasteiger partial charge is 0.318 e. The average Bonchev–Trinajstić information content (AvgIpc) is 3.18. The molecule has 1 fully saturated rings. The van der Waals surface area contributed by atoms with Crippen LogP contribution in [0.5, 0.6) is 5.75 Å². The van der Waals surface area contributed by atoms with Crippen LogP contribution in [0.25, 0.3) is 0 Å². The van der Waals surface area contributed by atoms with Gasteiger partial charge in [0.25, 0.3) is 0 Å². The molecule has 0 aromatic heterocycles. The van der Waals surface area contributed by atoms with E-state index in [9.17, 15) is 4.79 Å². The molecule has 1 N–H and O–H groups in total. The molecule has 1 unspecified atom stereocenters. The summed E-state index contributed by atoms with van der Waals surface area (Å²) in [5, 5.41) is 3.08. The van der Waals surface area contributed by atoms with Gasteiger partial charge >= 0.3 is 6.03 Å². The molecule has 1 heterocycles. The summed E-state index contributed by atoms with van der Waals surface area (Å²) in [7, 11) is 0. The van der Waals surface area contributed by atoms with E-state index in [1.54, 1.807) is 11.8 Å². The van der Waals surface area contributed by atoms with Crippen LogP contribution in [0.3, 0.4) is 0 Å². The van der Waals surface area contributed by atoms with E-state index in [1.165, 1.54) is 0 Å². The van der Waals surface area contributed by atoms with Crippen molar-refractivity contribution in [2.75, 3.05) is 18.8 Å². The fourth-order valence-electron chi connectivity index (χ4n) is 2.93. The number of thioether (sulfide) groups is 1. The Balaban J connectivity index is 1.63. The standard InChI is InChI=1S/C21H26N2O2S/c1-2-3-12-22-21(24)23-13-14-26-20(23)18-10-7-11-19(15-18)25-16-17-8-5-4-6-9-17/h4-11,15,20H,2-3,12-14,16H2,1H3,(H,22,24). The molecule has 138 valence electrons. The second kappa shape index (κ2) is 9.53. The number of benzene rings is 2. The van der Waals surface area contributed by atoms with Crippen molar-refractivity contribution in [1.29, 1.82) is 0 Å². The van der Waals surface area contributed by atoms with Gasteiger partial charge in [0.05, 0.1) is 0 Å². The number of unbranched alkanes of at least 4 members (excludes halogenated alkanes) is 1. The lowest BCUT2D eigenvalue weighted by atomic mass is 10.2. The minimum atomic E-state index is 0.0315. The van der Waals surface area contributed by atoms with Crippen LogP contribution >= 0.6 is 11.8 Å². The van der Waals surface area contributed by atoms with Gasteiger partial charge in [0.15, 0.2) is 0 Å². The van der Waals surface area contributed by atoms with E-state index in [2.05, 4.69) is 36.5 Å². The average molecular weight is 371 g/mol. The first kappa shape index (κ1) is 18.6. The molecule has 1 atom stereocenters. The fraction of sp³-hybridized carbons (Fsp3) is 0.381. The molecule has 0 bridgehead atoms. The Labute approximate surface area is 159 Å². The number of ether oxygens (including phenoxy) is 1. The fourth-order valence-corrected chi connectivity index (χ4v) is 4.17. The number of hydrogen-bond donors (Lipinski definition) is 1. The van der Waals surface area contributed by atoms with Crippen molar-refractivity contribution in [3.8, 4) is 5.75 Å². The lowest BCUT2D eigenvalue weighted by Crippen LogP contribution is -2.39. The molecule has 2 aromatic rings. The normalized spacial score (nSPS) is 16.5. The zero-order valence-electron chi connectivity index (χ0n) is 15.2. The molecule has 1 aliphatic heterocycles. The van der Waals surface area contributed by atoms with Crippen molar-refractivity contribution in [3.05, 3.63) is 65.7 Å². The number of amides is 2. The maximum Gasteiger partial charge on any atom is 0.318 e. The van der Waals surface area contributed by atoms with Gasteiger partial charge in [0, 0.05) is 18.8 Å². The van der Waals surface area contributed by atoms with Gasteiger partial charge in [0.1, 0.15) is 17.7 Å². The van der Waals surface area contributed by atoms with Gasteiger partial charge in [-0.15, -0.1) is 11.8 Å². The zero-order valence-corrected chi connectivity index (χ0v) is 16.0. The highest BCUT2D eigenvalue weighted by molar-refractivity contribution is 7.99. The van der Waals surface area contributed by atoms with Crippen LogP contribution in [0, 0.1) is 0 Å². The minimum absolute atomic E-state index is 0.0315. The summed E-state index contributed by atoms with van der Waals surface area (Å²) in [6.07, 6.45) is 2.10. The Morgan fingerprint density at radius 2 is 2.08 bits per heavy atom. The predicted octanol–water partition coefficient (Wildman–Crippen LogP) is 4.82. The van der Waals surface area contributed by atoms with Crippen LogP contribution < -0.4 is 10.1 Å². The molecular weight excluding hydrogens is 344 g/mol. The van der Waals surface area contributed by atoms with Gasteiger partial charge < -0.3 is 15.0 Å². The van der Waals surface area contributed by atoms with E-state index in [-0.39, 0.29) is 11.4 Å². The second-order valence-electron chi connectivity index (χ2n) is 6.35. The van der Waals surface area contributed by atoms with Crippen molar-refractivity contribution in [1.82, 2.24) is 10.2 Å². The van der Waals surface area contributed by atoms with E-state index in [4.69, 9.17) is 4.74 Å². The highest BCUT2D eigenvalue weighted by Gasteiger charge is 2.30. The predicted molar refractivity (Wildman–Crippen MR) is 107 cm³/mol. The molecule has 4 nitrogen and oxygen atoms in total. The van der Waals surface area contributed by atoms with Crippen molar-refractivity contribution in [3.63, 3.8) is 0 Å². The van der Waals surface area contributed by atoms with E-state index in [0.717, 1.165) is 48.6 Å². The van der Waals surface area contributed by atoms with Crippen LogP contribution in [-0.4, -0.2) is 29.8 Å². The van der Waals surface area contributed by atoms with Gasteiger partial charge in [-0.05, 0) is 29.7 Å². The molecule has 0 spiro atoms. The molecule has 1 aliphatic rings. The summed E-state index contributed by atoms with van der Waals surface area (Å²) in [5.74, 6) is 1.80. The van der Waals surface area contributed by atoms with Gasteiger partial charge in [-0.1, -0.05) is 55.8 Å². The summed E-state index contributed by atoms with van der Waals surface area (Å²) in [4.78, 5) is 14.4. The second-order valence-corrected chi connectivity index (χ2v) is 7.54. The summed E-state index contributed by atoms with van der Waals surface area (Å²) in [5.41, 5.74) is 2.26. The zero-order chi connectivity index (χ0) is 18.2. The third-order valence-electron chi connectivity index (χ3n) is 4.35. The number of rotatable bonds is 7. The molecule has 0 radical (unpaired) electrons. The van der Waals surface area contributed by atoms with Crippen LogP contribution in [-0.2, 0) is 6.61 Å². The Hall–Kier alpha value is -2.14. The molecule has 0 saturated carbocycles. The van der Waals surface area contributed by atoms with E-state index < -0.39 is 0 Å². The summed E-state index contributed by atoms with van der Waals surface area (Å²) >= 11 is 1.80. The van der Waals surface area contributed by atoms with Gasteiger partial charge in [0.2, 0.25) is 0 Å². The molecule has 3 rings (SSSR count). The number of carbonyl (C=O) groups is 1. The first-order chi connectivity index (χ1) is 12.8. The van der Waals surface area contributed by atoms with Crippen molar-refractivity contribution >= 4 is 17.8 Å². The van der Waals surface area contributed by atoms with Gasteiger partial charge in [-0.25, -0.2) is 4.79 Å². The summed E-state index contributed by atoms with van der Waals surface area (Å²) in [6.45, 7) is 4.19. The van der Waals surface area contributed by atoms with Crippen LogP contribution in [0.4, 0.5) is 4.79 Å². The number of nitrogens with one attached hydrogen (secondary N) is 1. The van der Waals surface area contributed by atoms with Crippen LogP contribution in [0.2, 0.25) is 0 Å². The van der Waals surface area contributed by atoms with Crippen LogP contribution in [0.1, 0.15) is 36.3 Å². The topological polar surface area (TPSA) is 41.6 Å². The Morgan fingerprint density at radius 3 is 2.88 bits per heavy atom. The Morgan fingerprint density at radius 1 is 1.23 bits per heavy atom. The maximum absolute atomic E-state index is 12.5. The van der Waals surface area contributed by atoms with Gasteiger partial charge in [-0.3, -0.25) is 0 Å². The SMILES string of the molecule is CCCCNC(=O)N1CCSC1c1cccc(OCc2ccccc2)c1. The van der Waals surface area contributed by atoms with E-state index >= 15 is 0 Å². The molecule has 26 heavy (non-hydrogen) atoms. The van der Waals surface area contributed by atoms with E-state index in [1.807, 2.05) is 35.2 Å². The third kappa shape index (κ3) is 4.94. The monoisotopic (exact) mass is 370 g/mol. The van der Waals surface area contributed by atoms with Gasteiger partial charge in [-0.2, -0.15) is 0 Å². The van der Waals surface area contributed by atoms with Crippen molar-refractivity contribution < 1.29 is 9.53 Å². The summed E-state index contributed by atoms with van der Waals surface area (Å²) < 4.78 is 5.94. The number of urea groups is 1. The quantitative estimate of drug-likeness (QED) is 0.710. The molecular formula is C21H26N2O2S. The highest BCUT2D eigenvalue weighted by atomic mass is 32.2. The molecule has 5 heteroatoms. The Kier molecular flexibility index (Phi) is 6.83. The minimum Gasteiger partial charge on any atom is -0.489 e. The van der Waals surface area contributed by atoms with E-state index in [0.29, 0.717) is 6.61 Å². The Bertz CT molecular complexity index is 708. The molecule has 0 aliphatic carbocycles. The molecule has 1 saturated heterocycles. The number of nitrogens with zero attached hydrogens (tertiary/aromatic N) is 1. The summed E-state index contributed by atoms with van der Waals surface area (Å²) in [6, 6.07) is 18.3. The largest absolute Gasteiger partial charge is 0.489 e. The third-order valence-corrected chi connectivity index (χ3v) is 5.61. The lowest BCUT2D eigenvalue weighted by Gasteiger charge is -2.24. The highest BCUT2D eigenvalue weighted by Crippen LogP contribution is 2.38. The van der Waals surface area contributed by atoms with Crippen LogP contribution in [0.15, 0.2) is 54.6 Å². The lowest BCUT2D eigenvalue weighted by molar-refractivity contribution is 0.200. The number of hydrogen-bond acceptors (Lipinski definition) is 3. The van der Waals surface area contributed by atoms with Crippen molar-refractivity contribution in [2.45, 2.75) is 31.7 Å². The maximum atomic E-state index is 12.5. The molecule has 2 aromatic carbocycles. The van der Waals surface area contributed by atoms with Crippen molar-refractivity contribution in [2.24, 2.45) is 0 Å². The first-order valence-corrected chi connectivity index (χ1v) is 10.3. The number of carbonyl (C=O) groups excluding carboxylic acids is 1. The first-order valence-electron chi connectivity index (χ1n) is 9.20. The molecule has 2 amide bonds.